The standard InChI is InChI=1S/C25H35F2N5O3/c1-30-22-17(18(8-4-2-3-5-14-28)31-15-12-25(26,27)13-16-31)7-6-9-19(22)32(24(30)35)20-10-11-21(33)29-23(20)34/h6-7,9,18,20H,2-5,8,10-16,28H2,1H3,(H,29,33,34). The number of nitrogens with one attached hydrogen (secondary N) is 1. The second kappa shape index (κ2) is 10.6. The highest BCUT2D eigenvalue weighted by atomic mass is 19.3. The Balaban J connectivity index is 1.72. The monoisotopic (exact) mass is 491 g/mol. The van der Waals surface area contributed by atoms with Gasteiger partial charge in [-0.2, -0.15) is 0 Å². The minimum absolute atomic E-state index is 0.115. The number of benzene rings is 1. The van der Waals surface area contributed by atoms with E-state index >= 15 is 0 Å². The van der Waals surface area contributed by atoms with Crippen LogP contribution >= 0.6 is 0 Å². The summed E-state index contributed by atoms with van der Waals surface area (Å²) in [6.45, 7) is 1.23. The Kier molecular flexibility index (Phi) is 7.70. The predicted molar refractivity (Wildman–Crippen MR) is 129 cm³/mol. The number of halogens is 2. The zero-order valence-corrected chi connectivity index (χ0v) is 20.3. The number of fused-ring (bicyclic) bond motifs is 1. The molecule has 192 valence electrons. The van der Waals surface area contributed by atoms with Gasteiger partial charge in [0.05, 0.1) is 11.0 Å². The highest BCUT2D eigenvalue weighted by Crippen LogP contribution is 2.37. The lowest BCUT2D eigenvalue weighted by atomic mass is 9.94. The maximum Gasteiger partial charge on any atom is 0.329 e. The molecule has 1 aromatic carbocycles. The second-order valence-electron chi connectivity index (χ2n) is 9.79. The Bertz CT molecular complexity index is 1130. The number of alkyl halides is 2. The van der Waals surface area contributed by atoms with Gasteiger partial charge in [0.2, 0.25) is 11.8 Å². The van der Waals surface area contributed by atoms with Crippen molar-refractivity contribution in [1.29, 1.82) is 0 Å². The number of imide groups is 1. The number of amides is 2. The Hall–Kier alpha value is -2.59. The van der Waals surface area contributed by atoms with E-state index in [0.29, 0.717) is 30.7 Å². The quantitative estimate of drug-likeness (QED) is 0.415. The first-order valence-corrected chi connectivity index (χ1v) is 12.6. The maximum absolute atomic E-state index is 13.9. The predicted octanol–water partition coefficient (Wildman–Crippen LogP) is 3.00. The number of nitrogens with zero attached hydrogens (tertiary/aromatic N) is 3. The highest BCUT2D eigenvalue weighted by Gasteiger charge is 2.38. The van der Waals surface area contributed by atoms with Gasteiger partial charge in [0.25, 0.3) is 5.92 Å². The molecule has 8 nitrogen and oxygen atoms in total. The van der Waals surface area contributed by atoms with Crippen molar-refractivity contribution in [3.8, 4) is 0 Å². The van der Waals surface area contributed by atoms with Gasteiger partial charge in [-0.05, 0) is 37.4 Å². The fraction of sp³-hybridized carbons (Fsp3) is 0.640. The molecular weight excluding hydrogens is 456 g/mol. The summed E-state index contributed by atoms with van der Waals surface area (Å²) in [4.78, 5) is 39.7. The summed E-state index contributed by atoms with van der Waals surface area (Å²) in [7, 11) is 1.68. The number of imidazole rings is 1. The molecule has 2 aliphatic heterocycles. The van der Waals surface area contributed by atoms with E-state index in [1.54, 1.807) is 11.6 Å². The molecule has 2 aliphatic rings. The zero-order valence-electron chi connectivity index (χ0n) is 20.3. The number of hydrogen-bond acceptors (Lipinski definition) is 5. The molecule has 4 rings (SSSR count). The van der Waals surface area contributed by atoms with E-state index in [0.717, 1.165) is 37.7 Å². The van der Waals surface area contributed by atoms with Gasteiger partial charge >= 0.3 is 5.69 Å². The van der Waals surface area contributed by atoms with Crippen molar-refractivity contribution >= 4 is 22.8 Å². The molecule has 0 aliphatic carbocycles. The van der Waals surface area contributed by atoms with Crippen LogP contribution in [0.25, 0.3) is 11.0 Å². The van der Waals surface area contributed by atoms with Crippen molar-refractivity contribution < 1.29 is 18.4 Å². The van der Waals surface area contributed by atoms with Crippen LogP contribution in [0.2, 0.25) is 0 Å². The molecule has 2 amide bonds. The third-order valence-corrected chi connectivity index (χ3v) is 7.42. The van der Waals surface area contributed by atoms with E-state index in [1.807, 2.05) is 18.2 Å². The first-order chi connectivity index (χ1) is 16.7. The van der Waals surface area contributed by atoms with E-state index in [9.17, 15) is 23.2 Å². The average molecular weight is 492 g/mol. The summed E-state index contributed by atoms with van der Waals surface area (Å²) in [5.74, 6) is -3.45. The van der Waals surface area contributed by atoms with Crippen molar-refractivity contribution in [2.75, 3.05) is 19.6 Å². The van der Waals surface area contributed by atoms with Crippen LogP contribution in [0.4, 0.5) is 8.78 Å². The maximum atomic E-state index is 13.9. The summed E-state index contributed by atoms with van der Waals surface area (Å²) in [5.41, 5.74) is 7.55. The van der Waals surface area contributed by atoms with Gasteiger partial charge in [-0.1, -0.05) is 31.4 Å². The molecule has 1 aromatic heterocycles. The zero-order chi connectivity index (χ0) is 25.2. The smallest absolute Gasteiger partial charge is 0.329 e. The third kappa shape index (κ3) is 5.33. The number of carbonyl (C=O) groups excluding carboxylic acids is 2. The molecule has 2 fully saturated rings. The number of aromatic nitrogens is 2. The third-order valence-electron chi connectivity index (χ3n) is 7.42. The van der Waals surface area contributed by atoms with Crippen LogP contribution < -0.4 is 16.7 Å². The van der Waals surface area contributed by atoms with Gasteiger partial charge in [0.15, 0.2) is 0 Å². The molecule has 0 bridgehead atoms. The van der Waals surface area contributed by atoms with Crippen molar-refractivity contribution in [1.82, 2.24) is 19.4 Å². The van der Waals surface area contributed by atoms with E-state index in [2.05, 4.69) is 10.2 Å². The minimum Gasteiger partial charge on any atom is -0.330 e. The lowest BCUT2D eigenvalue weighted by molar-refractivity contribution is -0.135. The summed E-state index contributed by atoms with van der Waals surface area (Å²) < 4.78 is 30.9. The number of aryl methyl sites for hydroxylation is 1. The average Bonchev–Trinajstić information content (AvgIpc) is 3.07. The topological polar surface area (TPSA) is 102 Å². The molecule has 10 heteroatoms. The molecule has 0 spiro atoms. The van der Waals surface area contributed by atoms with Gasteiger partial charge in [-0.3, -0.25) is 28.9 Å². The van der Waals surface area contributed by atoms with E-state index in [1.165, 1.54) is 4.57 Å². The molecule has 2 aromatic rings. The number of nitrogens with two attached hydrogens (primary N) is 1. The molecule has 3 heterocycles. The number of hydrogen-bond donors (Lipinski definition) is 2. The lowest BCUT2D eigenvalue weighted by Crippen LogP contribution is -2.44. The summed E-state index contributed by atoms with van der Waals surface area (Å²) in [6, 6.07) is 4.76. The van der Waals surface area contributed by atoms with Gasteiger partial charge in [-0.15, -0.1) is 0 Å². The molecule has 0 radical (unpaired) electrons. The first kappa shape index (κ1) is 25.5. The fourth-order valence-corrected chi connectivity index (χ4v) is 5.50. The summed E-state index contributed by atoms with van der Waals surface area (Å²) in [6.07, 6.45) is 4.78. The van der Waals surface area contributed by atoms with E-state index < -0.39 is 17.9 Å². The van der Waals surface area contributed by atoms with Crippen LogP contribution in [0.1, 0.15) is 75.4 Å². The minimum atomic E-state index is -2.64. The Morgan fingerprint density at radius 3 is 2.51 bits per heavy atom. The largest absolute Gasteiger partial charge is 0.330 e. The summed E-state index contributed by atoms with van der Waals surface area (Å²) >= 11 is 0. The van der Waals surface area contributed by atoms with E-state index in [-0.39, 0.29) is 43.3 Å². The van der Waals surface area contributed by atoms with Crippen molar-refractivity contribution in [3.05, 3.63) is 34.2 Å². The van der Waals surface area contributed by atoms with Gasteiger partial charge in [0.1, 0.15) is 6.04 Å². The SMILES string of the molecule is Cn1c(=O)n(C2CCC(=O)NC2=O)c2cccc(C(CCCCCCN)N3CCC(F)(F)CC3)c21. The second-order valence-corrected chi connectivity index (χ2v) is 9.79. The molecule has 0 saturated carbocycles. The molecular formula is C25H35F2N5O3. The van der Waals surface area contributed by atoms with Gasteiger partial charge in [-0.25, -0.2) is 13.6 Å². The van der Waals surface area contributed by atoms with Crippen LogP contribution in [0.3, 0.4) is 0 Å². The first-order valence-electron chi connectivity index (χ1n) is 12.6. The Morgan fingerprint density at radius 2 is 1.83 bits per heavy atom. The molecule has 2 saturated heterocycles. The highest BCUT2D eigenvalue weighted by molar-refractivity contribution is 6.00. The summed E-state index contributed by atoms with van der Waals surface area (Å²) in [5, 5.41) is 2.34. The van der Waals surface area contributed by atoms with Crippen LogP contribution in [0, 0.1) is 0 Å². The number of carbonyl (C=O) groups is 2. The molecule has 35 heavy (non-hydrogen) atoms. The lowest BCUT2D eigenvalue weighted by Gasteiger charge is -2.38. The van der Waals surface area contributed by atoms with Crippen LogP contribution in [0.5, 0.6) is 0 Å². The number of rotatable bonds is 9. The number of piperidine rings is 2. The van der Waals surface area contributed by atoms with Crippen LogP contribution in [-0.2, 0) is 16.6 Å². The normalized spacial score (nSPS) is 21.9. The van der Waals surface area contributed by atoms with Crippen LogP contribution in [0.15, 0.2) is 23.0 Å². The van der Waals surface area contributed by atoms with Crippen LogP contribution in [-0.4, -0.2) is 51.4 Å². The Labute approximate surface area is 203 Å². The number of para-hydroxylation sites is 1. The van der Waals surface area contributed by atoms with Crippen molar-refractivity contribution in [2.45, 2.75) is 75.8 Å². The molecule has 3 N–H and O–H groups in total. The van der Waals surface area contributed by atoms with Gasteiger partial charge in [0, 0.05) is 45.4 Å². The molecule has 2 atom stereocenters. The van der Waals surface area contributed by atoms with E-state index in [4.69, 9.17) is 5.73 Å². The fourth-order valence-electron chi connectivity index (χ4n) is 5.50. The van der Waals surface area contributed by atoms with Crippen molar-refractivity contribution in [2.24, 2.45) is 12.8 Å². The van der Waals surface area contributed by atoms with Crippen molar-refractivity contribution in [3.63, 3.8) is 0 Å². The molecule has 2 unspecified atom stereocenters. The van der Waals surface area contributed by atoms with Gasteiger partial charge < -0.3 is 5.73 Å². The number of likely N-dealkylation sites (tertiary alicyclic amines) is 1. The Morgan fingerprint density at radius 1 is 1.11 bits per heavy atom. The number of unbranched alkanes of at least 4 members (excludes halogenated alkanes) is 3.